The van der Waals surface area contributed by atoms with Crippen LogP contribution in [0.25, 0.3) is 0 Å². The van der Waals surface area contributed by atoms with Gasteiger partial charge in [-0.25, -0.2) is 8.42 Å². The number of aryl methyl sites for hydroxylation is 1. The minimum Gasteiger partial charge on any atom is -0.495 e. The first kappa shape index (κ1) is 23.5. The van der Waals surface area contributed by atoms with E-state index in [-0.39, 0.29) is 34.7 Å². The molecule has 0 radical (unpaired) electrons. The lowest BCUT2D eigenvalue weighted by atomic mass is 10.1. The van der Waals surface area contributed by atoms with E-state index >= 15 is 0 Å². The van der Waals surface area contributed by atoms with Gasteiger partial charge in [0.05, 0.1) is 13.7 Å². The third-order valence-electron chi connectivity index (χ3n) is 5.31. The van der Waals surface area contributed by atoms with Crippen molar-refractivity contribution in [3.8, 4) is 5.75 Å². The number of nitrogens with one attached hydrogen (secondary N) is 1. The van der Waals surface area contributed by atoms with Gasteiger partial charge in [0.2, 0.25) is 15.9 Å². The molecule has 3 rings (SSSR count). The number of carbonyl (C=O) groups is 1. The number of amides is 1. The molecule has 1 aliphatic heterocycles. The van der Waals surface area contributed by atoms with Crippen LogP contribution in [0, 0.1) is 0 Å². The smallest absolute Gasteiger partial charge is 0.247 e. The molecule has 1 saturated heterocycles. The number of hydrogen-bond acceptors (Lipinski definition) is 5. The summed E-state index contributed by atoms with van der Waals surface area (Å²) < 4.78 is 33.7. The summed E-state index contributed by atoms with van der Waals surface area (Å²) in [7, 11) is -2.65. The maximum absolute atomic E-state index is 13.6. The second-order valence-electron chi connectivity index (χ2n) is 7.37. The molecule has 0 saturated carbocycles. The number of benzene rings is 2. The number of halogens is 1. The summed E-state index contributed by atoms with van der Waals surface area (Å²) in [6.07, 6.45) is 0.892. The molecule has 1 amide bonds. The number of hydrogen-bond donors (Lipinski definition) is 1. The minimum absolute atomic E-state index is 0.0548. The van der Waals surface area contributed by atoms with Gasteiger partial charge in [-0.05, 0) is 35.7 Å². The van der Waals surface area contributed by atoms with Crippen LogP contribution in [0.3, 0.4) is 0 Å². The normalized spacial score (nSPS) is 14.6. The summed E-state index contributed by atoms with van der Waals surface area (Å²) in [6, 6.07) is 12.2. The molecule has 1 N–H and O–H groups in total. The van der Waals surface area contributed by atoms with Crippen LogP contribution >= 0.6 is 11.6 Å². The zero-order valence-electron chi connectivity index (χ0n) is 17.8. The molecule has 1 fully saturated rings. The summed E-state index contributed by atoms with van der Waals surface area (Å²) in [5.74, 6) is -0.0402. The average Bonchev–Trinajstić information content (AvgIpc) is 2.79. The Morgan fingerprint density at radius 1 is 1.13 bits per heavy atom. The van der Waals surface area contributed by atoms with Gasteiger partial charge in [0.1, 0.15) is 10.6 Å². The van der Waals surface area contributed by atoms with Gasteiger partial charge in [0, 0.05) is 37.7 Å². The highest BCUT2D eigenvalue weighted by Crippen LogP contribution is 2.30. The number of ether oxygens (including phenoxy) is 1. The van der Waals surface area contributed by atoms with Crippen molar-refractivity contribution in [3.05, 3.63) is 58.6 Å². The zero-order valence-corrected chi connectivity index (χ0v) is 19.4. The Bertz CT molecular complexity index is 1010. The SMILES string of the molecule is CCc1ccc(CN(CC(=O)N2CCNCC2)S(=O)(=O)c2cc(Cl)ccc2OC)cc1. The van der Waals surface area contributed by atoms with Crippen LogP contribution in [0.4, 0.5) is 0 Å². The van der Waals surface area contributed by atoms with Crippen LogP contribution in [0.2, 0.25) is 5.02 Å². The van der Waals surface area contributed by atoms with Crippen molar-refractivity contribution in [2.75, 3.05) is 39.8 Å². The number of rotatable bonds is 8. The van der Waals surface area contributed by atoms with E-state index in [0.717, 1.165) is 17.5 Å². The van der Waals surface area contributed by atoms with Crippen LogP contribution in [0.5, 0.6) is 5.75 Å². The molecule has 1 aliphatic rings. The lowest BCUT2D eigenvalue weighted by Gasteiger charge is -2.30. The fraction of sp³-hybridized carbons (Fsp3) is 0.409. The Balaban J connectivity index is 1.95. The van der Waals surface area contributed by atoms with Crippen molar-refractivity contribution in [3.63, 3.8) is 0 Å². The van der Waals surface area contributed by atoms with E-state index in [9.17, 15) is 13.2 Å². The Kier molecular flexibility index (Phi) is 7.94. The molecule has 0 spiro atoms. The molecule has 2 aromatic rings. The first-order valence-electron chi connectivity index (χ1n) is 10.2. The Labute approximate surface area is 189 Å². The number of nitrogens with zero attached hydrogens (tertiary/aromatic N) is 2. The first-order chi connectivity index (χ1) is 14.8. The fourth-order valence-electron chi connectivity index (χ4n) is 3.47. The van der Waals surface area contributed by atoms with E-state index in [1.165, 1.54) is 23.5 Å². The molecule has 0 unspecified atom stereocenters. The summed E-state index contributed by atoms with van der Waals surface area (Å²) in [5, 5.41) is 3.47. The highest BCUT2D eigenvalue weighted by atomic mass is 35.5. The van der Waals surface area contributed by atoms with Gasteiger partial charge in [0.15, 0.2) is 0 Å². The van der Waals surface area contributed by atoms with Crippen molar-refractivity contribution >= 4 is 27.5 Å². The van der Waals surface area contributed by atoms with Crippen molar-refractivity contribution in [1.82, 2.24) is 14.5 Å². The quantitative estimate of drug-likeness (QED) is 0.648. The summed E-state index contributed by atoms with van der Waals surface area (Å²) in [6.45, 7) is 4.37. The monoisotopic (exact) mass is 465 g/mol. The maximum atomic E-state index is 13.6. The third-order valence-corrected chi connectivity index (χ3v) is 7.36. The number of sulfonamides is 1. The first-order valence-corrected chi connectivity index (χ1v) is 12.1. The van der Waals surface area contributed by atoms with Crippen LogP contribution in [0.15, 0.2) is 47.4 Å². The maximum Gasteiger partial charge on any atom is 0.247 e. The highest BCUT2D eigenvalue weighted by molar-refractivity contribution is 7.89. The van der Waals surface area contributed by atoms with Gasteiger partial charge in [-0.1, -0.05) is 42.8 Å². The molecule has 0 bridgehead atoms. The van der Waals surface area contributed by atoms with Crippen LogP contribution < -0.4 is 10.1 Å². The summed E-state index contributed by atoms with van der Waals surface area (Å²) in [4.78, 5) is 14.6. The largest absolute Gasteiger partial charge is 0.495 e. The fourth-order valence-corrected chi connectivity index (χ4v) is 5.26. The minimum atomic E-state index is -4.05. The lowest BCUT2D eigenvalue weighted by molar-refractivity contribution is -0.132. The topological polar surface area (TPSA) is 79.0 Å². The molecular weight excluding hydrogens is 438 g/mol. The predicted molar refractivity (Wildman–Crippen MR) is 121 cm³/mol. The molecule has 0 aliphatic carbocycles. The second-order valence-corrected chi connectivity index (χ2v) is 9.71. The van der Waals surface area contributed by atoms with Crippen LogP contribution in [-0.2, 0) is 27.8 Å². The van der Waals surface area contributed by atoms with E-state index in [1.54, 1.807) is 11.0 Å². The molecular formula is C22H28ClN3O4S. The Morgan fingerprint density at radius 3 is 2.39 bits per heavy atom. The van der Waals surface area contributed by atoms with E-state index in [2.05, 4.69) is 12.2 Å². The van der Waals surface area contributed by atoms with Gasteiger partial charge in [-0.15, -0.1) is 0 Å². The average molecular weight is 466 g/mol. The predicted octanol–water partition coefficient (Wildman–Crippen LogP) is 2.53. The zero-order chi connectivity index (χ0) is 22.4. The highest BCUT2D eigenvalue weighted by Gasteiger charge is 2.31. The number of carbonyl (C=O) groups excluding carboxylic acids is 1. The molecule has 9 heteroatoms. The van der Waals surface area contributed by atoms with E-state index in [0.29, 0.717) is 26.2 Å². The van der Waals surface area contributed by atoms with Crippen molar-refractivity contribution in [2.24, 2.45) is 0 Å². The van der Waals surface area contributed by atoms with Crippen molar-refractivity contribution < 1.29 is 17.9 Å². The van der Waals surface area contributed by atoms with Gasteiger partial charge >= 0.3 is 0 Å². The van der Waals surface area contributed by atoms with E-state index in [1.807, 2.05) is 24.3 Å². The molecule has 0 aromatic heterocycles. The van der Waals surface area contributed by atoms with Gasteiger partial charge < -0.3 is 15.0 Å². The second kappa shape index (κ2) is 10.5. The van der Waals surface area contributed by atoms with Crippen molar-refractivity contribution in [1.29, 1.82) is 0 Å². The molecule has 168 valence electrons. The molecule has 7 nitrogen and oxygen atoms in total. The van der Waals surface area contributed by atoms with Crippen LogP contribution in [0.1, 0.15) is 18.1 Å². The molecule has 0 atom stereocenters. The van der Waals surface area contributed by atoms with Crippen molar-refractivity contribution in [2.45, 2.75) is 24.8 Å². The van der Waals surface area contributed by atoms with Gasteiger partial charge in [-0.2, -0.15) is 4.31 Å². The molecule has 2 aromatic carbocycles. The Morgan fingerprint density at radius 2 is 1.77 bits per heavy atom. The number of methoxy groups -OCH3 is 1. The third kappa shape index (κ3) is 5.77. The van der Waals surface area contributed by atoms with Gasteiger partial charge in [0.25, 0.3) is 0 Å². The summed E-state index contributed by atoms with van der Waals surface area (Å²) in [5.41, 5.74) is 1.96. The van der Waals surface area contributed by atoms with E-state index in [4.69, 9.17) is 16.3 Å². The standard InChI is InChI=1S/C22H28ClN3O4S/c1-3-17-4-6-18(7-5-17)15-26(16-22(27)25-12-10-24-11-13-25)31(28,29)21-14-19(23)8-9-20(21)30-2/h4-9,14,24H,3,10-13,15-16H2,1-2H3. The lowest BCUT2D eigenvalue weighted by Crippen LogP contribution is -2.50. The molecule has 31 heavy (non-hydrogen) atoms. The molecule has 1 heterocycles. The summed E-state index contributed by atoms with van der Waals surface area (Å²) >= 11 is 6.08. The van der Waals surface area contributed by atoms with Crippen LogP contribution in [-0.4, -0.2) is 63.4 Å². The van der Waals surface area contributed by atoms with Gasteiger partial charge in [-0.3, -0.25) is 4.79 Å². The Hall–Kier alpha value is -2.13. The number of piperazine rings is 1. The van der Waals surface area contributed by atoms with E-state index < -0.39 is 10.0 Å².